The number of nitrogens with zero attached hydrogens (tertiary/aromatic N) is 2. The highest BCUT2D eigenvalue weighted by molar-refractivity contribution is 9.10. The summed E-state index contributed by atoms with van der Waals surface area (Å²) in [6, 6.07) is 10.0. The fourth-order valence-corrected chi connectivity index (χ4v) is 3.15. The first-order valence-corrected chi connectivity index (χ1v) is 7.75. The molecule has 0 saturated carbocycles. The fourth-order valence-electron chi connectivity index (χ4n) is 2.57. The Kier molecular flexibility index (Phi) is 5.61. The lowest BCUT2D eigenvalue weighted by molar-refractivity contribution is 0.0737. The van der Waals surface area contributed by atoms with Crippen LogP contribution in [0, 0.1) is 0 Å². The molecule has 2 aromatic rings. The first-order valence-electron chi connectivity index (χ1n) is 6.95. The summed E-state index contributed by atoms with van der Waals surface area (Å²) in [6.07, 6.45) is 0.986. The molecule has 0 aliphatic carbocycles. The Hall–Kier alpha value is -1.37. The van der Waals surface area contributed by atoms with Crippen LogP contribution in [0.5, 0.6) is 0 Å². The molecule has 1 unspecified atom stereocenters. The van der Waals surface area contributed by atoms with Gasteiger partial charge in [0.15, 0.2) is 0 Å². The number of H-pyrrole nitrogens is 1. The minimum absolute atomic E-state index is 0. The van der Waals surface area contributed by atoms with Crippen LogP contribution in [0.3, 0.4) is 0 Å². The second-order valence-corrected chi connectivity index (χ2v) is 5.98. The number of carbonyl (C=O) groups excluding carboxylic acids is 1. The monoisotopic (exact) mass is 384 g/mol. The lowest BCUT2D eigenvalue weighted by Crippen LogP contribution is -2.38. The van der Waals surface area contributed by atoms with Crippen molar-refractivity contribution in [3.63, 3.8) is 0 Å². The summed E-state index contributed by atoms with van der Waals surface area (Å²) in [5.74, 6) is -0.0368. The van der Waals surface area contributed by atoms with Gasteiger partial charge in [0.25, 0.3) is 5.91 Å². The van der Waals surface area contributed by atoms with E-state index in [9.17, 15) is 4.79 Å². The van der Waals surface area contributed by atoms with Crippen molar-refractivity contribution in [2.24, 2.45) is 0 Å². The number of aromatic nitrogens is 2. The number of hydrogen-bond acceptors (Lipinski definition) is 3. The standard InChI is InChI=1S/C15H17BrN4O.ClH/c1-20(11-7-8-17-9-11)15(21)14-12(16)13(18-19-14)10-5-3-2-4-6-10;/h2-6,11,17H,7-9H2,1H3,(H,18,19);1H. The van der Waals surface area contributed by atoms with Crippen LogP contribution in [-0.2, 0) is 0 Å². The third kappa shape index (κ3) is 3.19. The number of likely N-dealkylation sites (N-methyl/N-ethyl adjacent to an activating group) is 1. The Balaban J connectivity index is 0.00000176. The largest absolute Gasteiger partial charge is 0.336 e. The van der Waals surface area contributed by atoms with Gasteiger partial charge in [-0.3, -0.25) is 9.89 Å². The number of amides is 1. The molecule has 7 heteroatoms. The maximum atomic E-state index is 12.6. The fraction of sp³-hybridized carbons (Fsp3) is 0.333. The topological polar surface area (TPSA) is 61.0 Å². The number of rotatable bonds is 3. The quantitative estimate of drug-likeness (QED) is 0.854. The molecule has 1 aromatic heterocycles. The van der Waals surface area contributed by atoms with Gasteiger partial charge in [0.05, 0.1) is 4.47 Å². The van der Waals surface area contributed by atoms with E-state index in [0.29, 0.717) is 5.69 Å². The molecule has 22 heavy (non-hydrogen) atoms. The maximum Gasteiger partial charge on any atom is 0.273 e. The minimum Gasteiger partial charge on any atom is -0.336 e. The van der Waals surface area contributed by atoms with E-state index in [4.69, 9.17) is 0 Å². The van der Waals surface area contributed by atoms with Gasteiger partial charge < -0.3 is 10.2 Å². The van der Waals surface area contributed by atoms with Crippen LogP contribution in [-0.4, -0.2) is 47.2 Å². The molecule has 2 heterocycles. The molecule has 1 amide bonds. The minimum atomic E-state index is -0.0368. The van der Waals surface area contributed by atoms with Crippen molar-refractivity contribution in [3.05, 3.63) is 40.5 Å². The Labute approximate surface area is 144 Å². The van der Waals surface area contributed by atoms with E-state index in [2.05, 4.69) is 31.4 Å². The third-order valence-electron chi connectivity index (χ3n) is 3.87. The van der Waals surface area contributed by atoms with Crippen molar-refractivity contribution in [3.8, 4) is 11.3 Å². The second kappa shape index (κ2) is 7.26. The number of aromatic amines is 1. The number of carbonyl (C=O) groups is 1. The Morgan fingerprint density at radius 3 is 2.73 bits per heavy atom. The molecule has 0 spiro atoms. The van der Waals surface area contributed by atoms with Crippen molar-refractivity contribution in [1.29, 1.82) is 0 Å². The molecule has 118 valence electrons. The van der Waals surface area contributed by atoms with E-state index in [1.54, 1.807) is 4.90 Å². The van der Waals surface area contributed by atoms with Crippen molar-refractivity contribution in [2.75, 3.05) is 20.1 Å². The van der Waals surface area contributed by atoms with Gasteiger partial charge in [0.1, 0.15) is 11.4 Å². The lowest BCUT2D eigenvalue weighted by Gasteiger charge is -2.23. The molecule has 1 aliphatic heterocycles. The summed E-state index contributed by atoms with van der Waals surface area (Å²) in [5.41, 5.74) is 2.24. The lowest BCUT2D eigenvalue weighted by atomic mass is 10.1. The predicted molar refractivity (Wildman–Crippen MR) is 92.3 cm³/mol. The zero-order valence-corrected chi connectivity index (χ0v) is 14.6. The van der Waals surface area contributed by atoms with E-state index in [-0.39, 0.29) is 24.4 Å². The van der Waals surface area contributed by atoms with Gasteiger partial charge >= 0.3 is 0 Å². The van der Waals surface area contributed by atoms with Gasteiger partial charge in [-0.05, 0) is 28.9 Å². The van der Waals surface area contributed by atoms with Gasteiger partial charge in [-0.25, -0.2) is 0 Å². The van der Waals surface area contributed by atoms with Crippen LogP contribution in [0.4, 0.5) is 0 Å². The summed E-state index contributed by atoms with van der Waals surface area (Å²) in [4.78, 5) is 14.4. The van der Waals surface area contributed by atoms with Crippen LogP contribution in [0.2, 0.25) is 0 Å². The van der Waals surface area contributed by atoms with E-state index in [1.807, 2.05) is 37.4 Å². The highest BCUT2D eigenvalue weighted by atomic mass is 79.9. The summed E-state index contributed by atoms with van der Waals surface area (Å²) in [5, 5.41) is 10.4. The first kappa shape index (κ1) is 17.0. The summed E-state index contributed by atoms with van der Waals surface area (Å²) < 4.78 is 0.719. The molecular weight excluding hydrogens is 368 g/mol. The van der Waals surface area contributed by atoms with Crippen molar-refractivity contribution in [1.82, 2.24) is 20.4 Å². The van der Waals surface area contributed by atoms with Gasteiger partial charge in [0, 0.05) is 25.2 Å². The zero-order chi connectivity index (χ0) is 14.8. The van der Waals surface area contributed by atoms with Gasteiger partial charge in [-0.1, -0.05) is 30.3 Å². The summed E-state index contributed by atoms with van der Waals surface area (Å²) >= 11 is 3.51. The van der Waals surface area contributed by atoms with Crippen LogP contribution in [0.1, 0.15) is 16.9 Å². The molecule has 1 aromatic carbocycles. The average Bonchev–Trinajstić information content (AvgIpc) is 3.16. The molecule has 3 rings (SSSR count). The SMILES string of the molecule is CN(C(=O)c1[nH]nc(-c2ccccc2)c1Br)C1CCNC1.Cl. The van der Waals surface area contributed by atoms with Crippen molar-refractivity contribution >= 4 is 34.2 Å². The Morgan fingerprint density at radius 2 is 2.09 bits per heavy atom. The van der Waals surface area contributed by atoms with E-state index < -0.39 is 0 Å². The molecule has 0 radical (unpaired) electrons. The highest BCUT2D eigenvalue weighted by Crippen LogP contribution is 2.29. The Morgan fingerprint density at radius 1 is 1.36 bits per heavy atom. The molecular formula is C15H18BrClN4O. The van der Waals surface area contributed by atoms with E-state index >= 15 is 0 Å². The molecule has 5 nitrogen and oxygen atoms in total. The molecule has 2 N–H and O–H groups in total. The molecule has 1 aliphatic rings. The molecule has 1 atom stereocenters. The van der Waals surface area contributed by atoms with Gasteiger partial charge in [0.2, 0.25) is 0 Å². The maximum absolute atomic E-state index is 12.6. The van der Waals surface area contributed by atoms with E-state index in [0.717, 1.165) is 35.2 Å². The molecule has 1 fully saturated rings. The zero-order valence-electron chi connectivity index (χ0n) is 12.2. The number of halogens is 2. The average molecular weight is 386 g/mol. The first-order chi connectivity index (χ1) is 10.2. The summed E-state index contributed by atoms with van der Waals surface area (Å²) in [6.45, 7) is 1.81. The third-order valence-corrected chi connectivity index (χ3v) is 4.64. The number of nitrogens with one attached hydrogen (secondary N) is 2. The molecule has 0 bridgehead atoms. The van der Waals surface area contributed by atoms with Crippen LogP contribution in [0.15, 0.2) is 34.8 Å². The van der Waals surface area contributed by atoms with Crippen LogP contribution < -0.4 is 5.32 Å². The van der Waals surface area contributed by atoms with Crippen LogP contribution in [0.25, 0.3) is 11.3 Å². The van der Waals surface area contributed by atoms with Crippen molar-refractivity contribution in [2.45, 2.75) is 12.5 Å². The smallest absolute Gasteiger partial charge is 0.273 e. The normalized spacial score (nSPS) is 17.1. The van der Waals surface area contributed by atoms with Crippen LogP contribution >= 0.6 is 28.3 Å². The van der Waals surface area contributed by atoms with Crippen molar-refractivity contribution < 1.29 is 4.79 Å². The molecule has 1 saturated heterocycles. The highest BCUT2D eigenvalue weighted by Gasteiger charge is 2.27. The Bertz CT molecular complexity index is 640. The predicted octanol–water partition coefficient (Wildman–Crippen LogP) is 2.69. The summed E-state index contributed by atoms with van der Waals surface area (Å²) in [7, 11) is 1.84. The number of benzene rings is 1. The van der Waals surface area contributed by atoms with Gasteiger partial charge in [-0.15, -0.1) is 12.4 Å². The van der Waals surface area contributed by atoms with E-state index in [1.165, 1.54) is 0 Å². The number of hydrogen-bond donors (Lipinski definition) is 2. The van der Waals surface area contributed by atoms with Gasteiger partial charge in [-0.2, -0.15) is 5.10 Å². The second-order valence-electron chi connectivity index (χ2n) is 5.19.